The second kappa shape index (κ2) is 9.81. The number of carbonyl (C=O) groups excluding carboxylic acids is 1. The Kier molecular flexibility index (Phi) is 7.72. The fourth-order valence-electron chi connectivity index (χ4n) is 6.48. The van der Waals surface area contributed by atoms with Crippen molar-refractivity contribution in [3.63, 3.8) is 0 Å². The fourth-order valence-corrected chi connectivity index (χ4v) is 6.48. The zero-order chi connectivity index (χ0) is 23.7. The van der Waals surface area contributed by atoms with Gasteiger partial charge < -0.3 is 10.2 Å². The topological polar surface area (TPSA) is 57.5 Å². The van der Waals surface area contributed by atoms with Crippen LogP contribution in [0, 0.1) is 28.6 Å². The summed E-state index contributed by atoms with van der Waals surface area (Å²) in [4.78, 5) is 12.2. The minimum absolute atomic E-state index is 0.204. The Balaban J connectivity index is 1.71. The summed E-state index contributed by atoms with van der Waals surface area (Å²) in [6, 6.07) is 0. The van der Waals surface area contributed by atoms with Crippen molar-refractivity contribution in [1.29, 1.82) is 0 Å². The lowest BCUT2D eigenvalue weighted by Crippen LogP contribution is -2.35. The zero-order valence-electron chi connectivity index (χ0n) is 20.9. The lowest BCUT2D eigenvalue weighted by Gasteiger charge is -2.44. The molecule has 178 valence electrons. The number of aliphatic hydroxyl groups excluding tert-OH is 2. The number of hydrogen-bond acceptors (Lipinski definition) is 3. The molecule has 0 aliphatic heterocycles. The summed E-state index contributed by atoms with van der Waals surface area (Å²) in [5.74, 6) is 2.05. The van der Waals surface area contributed by atoms with E-state index >= 15 is 0 Å². The highest BCUT2D eigenvalue weighted by molar-refractivity contribution is 5.93. The average molecular weight is 441 g/mol. The van der Waals surface area contributed by atoms with E-state index in [9.17, 15) is 15.0 Å². The Hall–Kier alpha value is -1.45. The largest absolute Gasteiger partial charge is 0.393 e. The molecule has 0 heterocycles. The van der Waals surface area contributed by atoms with Crippen LogP contribution in [0.5, 0.6) is 0 Å². The summed E-state index contributed by atoms with van der Waals surface area (Å²) < 4.78 is 0. The fraction of sp³-hybridized carbons (Fsp3) is 0.690. The molecule has 3 heteroatoms. The molecule has 32 heavy (non-hydrogen) atoms. The molecule has 0 bridgehead atoms. The summed E-state index contributed by atoms with van der Waals surface area (Å²) in [5, 5.41) is 20.2. The van der Waals surface area contributed by atoms with E-state index in [1.54, 1.807) is 6.08 Å². The van der Waals surface area contributed by atoms with Crippen LogP contribution in [0.3, 0.4) is 0 Å². The van der Waals surface area contributed by atoms with Crippen LogP contribution in [0.25, 0.3) is 0 Å². The van der Waals surface area contributed by atoms with Crippen molar-refractivity contribution in [1.82, 2.24) is 0 Å². The third kappa shape index (κ3) is 5.37. The molecule has 3 aliphatic carbocycles. The smallest absolute Gasteiger partial charge is 0.160 e. The molecule has 2 unspecified atom stereocenters. The normalized spacial score (nSPS) is 37.3. The minimum Gasteiger partial charge on any atom is -0.393 e. The van der Waals surface area contributed by atoms with Gasteiger partial charge in [-0.2, -0.15) is 0 Å². The molecule has 3 rings (SSSR count). The van der Waals surface area contributed by atoms with E-state index < -0.39 is 12.2 Å². The van der Waals surface area contributed by atoms with Crippen LogP contribution in [0.15, 0.2) is 47.6 Å². The van der Waals surface area contributed by atoms with Gasteiger partial charge in [0.1, 0.15) is 0 Å². The first-order valence-electron chi connectivity index (χ1n) is 12.6. The van der Waals surface area contributed by atoms with Crippen molar-refractivity contribution in [2.75, 3.05) is 0 Å². The molecule has 6 atom stereocenters. The lowest BCUT2D eigenvalue weighted by atomic mass is 9.61. The summed E-state index contributed by atoms with van der Waals surface area (Å²) in [6.45, 7) is 14.8. The van der Waals surface area contributed by atoms with Gasteiger partial charge in [-0.3, -0.25) is 4.79 Å². The Labute approximate surface area is 195 Å². The van der Waals surface area contributed by atoms with Crippen molar-refractivity contribution in [3.8, 4) is 0 Å². The maximum absolute atomic E-state index is 12.2. The second-order valence-corrected chi connectivity index (χ2v) is 11.9. The van der Waals surface area contributed by atoms with Crippen LogP contribution in [0.4, 0.5) is 0 Å². The van der Waals surface area contributed by atoms with E-state index in [0.29, 0.717) is 36.0 Å². The molecule has 2 N–H and O–H groups in total. The number of aliphatic hydroxyl groups is 2. The number of fused-ring (bicyclic) bond motifs is 1. The first-order valence-corrected chi connectivity index (χ1v) is 12.6. The van der Waals surface area contributed by atoms with Gasteiger partial charge in [0, 0.05) is 11.8 Å². The van der Waals surface area contributed by atoms with E-state index in [0.717, 1.165) is 24.0 Å². The van der Waals surface area contributed by atoms with Crippen LogP contribution in [0.2, 0.25) is 0 Å². The third-order valence-corrected chi connectivity index (χ3v) is 8.51. The maximum Gasteiger partial charge on any atom is 0.160 e. The highest BCUT2D eigenvalue weighted by atomic mass is 16.3. The van der Waals surface area contributed by atoms with Crippen LogP contribution in [-0.2, 0) is 4.79 Å². The Morgan fingerprint density at radius 3 is 2.66 bits per heavy atom. The Morgan fingerprint density at radius 2 is 1.97 bits per heavy atom. The van der Waals surface area contributed by atoms with Gasteiger partial charge in [0.05, 0.1) is 12.2 Å². The monoisotopic (exact) mass is 440 g/mol. The molecule has 0 amide bonds. The van der Waals surface area contributed by atoms with Crippen molar-refractivity contribution in [2.45, 2.75) is 98.2 Å². The van der Waals surface area contributed by atoms with Gasteiger partial charge in [-0.1, -0.05) is 65.0 Å². The molecule has 0 aromatic rings. The highest BCUT2D eigenvalue weighted by Gasteiger charge is 2.50. The third-order valence-electron chi connectivity index (χ3n) is 8.51. The van der Waals surface area contributed by atoms with Gasteiger partial charge in [-0.15, -0.1) is 0 Å². The van der Waals surface area contributed by atoms with Crippen molar-refractivity contribution in [2.24, 2.45) is 28.6 Å². The number of allylic oxidation sites excluding steroid dienone is 5. The molecule has 0 aromatic carbocycles. The summed E-state index contributed by atoms with van der Waals surface area (Å²) in [5.41, 5.74) is 3.29. The van der Waals surface area contributed by atoms with Gasteiger partial charge in [0.15, 0.2) is 5.78 Å². The molecule has 0 saturated heterocycles. The lowest BCUT2D eigenvalue weighted by molar-refractivity contribution is -0.121. The number of hydrogen-bond donors (Lipinski definition) is 2. The quantitative estimate of drug-likeness (QED) is 0.491. The number of carbonyl (C=O) groups is 1. The summed E-state index contributed by atoms with van der Waals surface area (Å²) >= 11 is 0. The predicted molar refractivity (Wildman–Crippen MR) is 132 cm³/mol. The molecule has 3 fully saturated rings. The Morgan fingerprint density at radius 1 is 1.25 bits per heavy atom. The highest BCUT2D eigenvalue weighted by Crippen LogP contribution is 2.59. The molecule has 0 spiro atoms. The first-order chi connectivity index (χ1) is 14.9. The number of rotatable bonds is 5. The first kappa shape index (κ1) is 25.2. The van der Waals surface area contributed by atoms with Crippen LogP contribution in [-0.4, -0.2) is 28.2 Å². The molecule has 3 nitrogen and oxygen atoms in total. The predicted octanol–water partition coefficient (Wildman–Crippen LogP) is 6.33. The summed E-state index contributed by atoms with van der Waals surface area (Å²) in [7, 11) is 0. The molecule has 3 saturated carbocycles. The molecule has 0 radical (unpaired) electrons. The van der Waals surface area contributed by atoms with Crippen molar-refractivity contribution >= 4 is 5.78 Å². The minimum atomic E-state index is -0.630. The van der Waals surface area contributed by atoms with Gasteiger partial charge in [0.2, 0.25) is 0 Å². The van der Waals surface area contributed by atoms with E-state index in [1.165, 1.54) is 31.3 Å². The van der Waals surface area contributed by atoms with Gasteiger partial charge >= 0.3 is 0 Å². The van der Waals surface area contributed by atoms with Gasteiger partial charge in [-0.05, 0) is 85.3 Å². The average Bonchev–Trinajstić information content (AvgIpc) is 3.06. The second-order valence-electron chi connectivity index (χ2n) is 11.9. The van der Waals surface area contributed by atoms with E-state index in [1.807, 2.05) is 20.8 Å². The molecular formula is C29H44O3. The SMILES string of the molecule is C=C1/C(=C\C=C2/CCC[C@@]3(C)C2CCC3[C@H](C)C/C=C\C(=O)C(C)(C)C)C[C@H](O)C[C@H]1O. The van der Waals surface area contributed by atoms with Crippen LogP contribution < -0.4 is 0 Å². The number of ketones is 1. The van der Waals surface area contributed by atoms with Crippen molar-refractivity contribution < 1.29 is 15.0 Å². The van der Waals surface area contributed by atoms with Gasteiger partial charge in [0.25, 0.3) is 0 Å². The molecule has 0 aromatic heterocycles. The van der Waals surface area contributed by atoms with E-state index in [2.05, 4.69) is 38.7 Å². The van der Waals surface area contributed by atoms with Crippen LogP contribution >= 0.6 is 0 Å². The van der Waals surface area contributed by atoms with E-state index in [-0.39, 0.29) is 11.2 Å². The zero-order valence-corrected chi connectivity index (χ0v) is 20.9. The van der Waals surface area contributed by atoms with Gasteiger partial charge in [-0.25, -0.2) is 0 Å². The van der Waals surface area contributed by atoms with Crippen LogP contribution in [0.1, 0.15) is 86.0 Å². The molecule has 3 aliphatic rings. The standard InChI is InChI=1S/C29H44O3/c1-19(9-7-11-27(32)28(3,4)5)24-14-15-25-21(10-8-16-29(24,25)6)12-13-22-17-23(30)18-26(31)20(22)2/h7,11-13,19,23-26,30-31H,2,8-10,14-18H2,1,3-6H3/b11-7-,21-12+,22-13-/t19-,23+,24?,25?,26-,29-/m1/s1. The maximum atomic E-state index is 12.2. The molecular weight excluding hydrogens is 396 g/mol. The van der Waals surface area contributed by atoms with E-state index in [4.69, 9.17) is 0 Å². The summed E-state index contributed by atoms with van der Waals surface area (Å²) in [6.07, 6.45) is 15.2. The Bertz CT molecular complexity index is 809. The van der Waals surface area contributed by atoms with Crippen molar-refractivity contribution in [3.05, 3.63) is 47.6 Å².